The van der Waals surface area contributed by atoms with Gasteiger partial charge in [0.15, 0.2) is 0 Å². The highest BCUT2D eigenvalue weighted by molar-refractivity contribution is 5.83. The Bertz CT molecular complexity index is 613. The van der Waals surface area contributed by atoms with Crippen LogP contribution in [0.15, 0.2) is 0 Å². The van der Waals surface area contributed by atoms with Gasteiger partial charge in [-0.15, -0.1) is 0 Å². The summed E-state index contributed by atoms with van der Waals surface area (Å²) in [5, 5.41) is 9.08. The Balaban J connectivity index is 1.57. The van der Waals surface area contributed by atoms with Crippen LogP contribution in [-0.2, 0) is 9.59 Å². The largest absolute Gasteiger partial charge is 0.481 e. The third kappa shape index (κ3) is 2.99. The molecule has 4 rings (SSSR count). The van der Waals surface area contributed by atoms with Crippen LogP contribution in [-0.4, -0.2) is 16.9 Å². The average Bonchev–Trinajstić information content (AvgIpc) is 2.97. The van der Waals surface area contributed by atoms with Gasteiger partial charge in [-0.25, -0.2) is 0 Å². The molecular weight excluding hydrogens is 336 g/mol. The van der Waals surface area contributed by atoms with Gasteiger partial charge in [0.25, 0.3) is 0 Å². The standard InChI is InChI=1S/C24H38O3/c1-15(7-10-21(26)27)17-8-9-18-22-19(11-13-24(17,18)3)23(2)12-5-4-6-16(23)14-20(22)25/h15-19,22H,4-14H2,1-3H3,(H,26,27)/t15-,16-,17+,18-,19+,22+,23-,24+/m0/s1. The van der Waals surface area contributed by atoms with Crippen molar-refractivity contribution < 1.29 is 14.7 Å². The van der Waals surface area contributed by atoms with Crippen molar-refractivity contribution in [1.82, 2.24) is 0 Å². The normalized spacial score (nSPS) is 47.7. The van der Waals surface area contributed by atoms with Crippen LogP contribution in [0.4, 0.5) is 0 Å². The Morgan fingerprint density at radius 3 is 2.56 bits per heavy atom. The highest BCUT2D eigenvalue weighted by atomic mass is 16.4. The van der Waals surface area contributed by atoms with Gasteiger partial charge < -0.3 is 5.11 Å². The van der Waals surface area contributed by atoms with Crippen molar-refractivity contribution in [3.8, 4) is 0 Å². The molecule has 3 nitrogen and oxygen atoms in total. The SMILES string of the molecule is C[C@@H](CCC(=O)O)[C@H]1CC[C@H]2[C@H]3C(=O)C[C@@H]4CCCC[C@]4(C)[C@@H]3CC[C@]12C. The van der Waals surface area contributed by atoms with E-state index in [4.69, 9.17) is 5.11 Å². The minimum absolute atomic E-state index is 0.243. The summed E-state index contributed by atoms with van der Waals surface area (Å²) < 4.78 is 0. The van der Waals surface area contributed by atoms with Gasteiger partial charge >= 0.3 is 5.97 Å². The zero-order valence-corrected chi connectivity index (χ0v) is 17.5. The van der Waals surface area contributed by atoms with Crippen molar-refractivity contribution in [2.45, 2.75) is 91.4 Å². The summed E-state index contributed by atoms with van der Waals surface area (Å²) >= 11 is 0. The molecule has 0 heterocycles. The van der Waals surface area contributed by atoms with Gasteiger partial charge in [-0.1, -0.05) is 33.6 Å². The topological polar surface area (TPSA) is 54.4 Å². The van der Waals surface area contributed by atoms with Crippen LogP contribution in [0.3, 0.4) is 0 Å². The van der Waals surface area contributed by atoms with Gasteiger partial charge in [-0.05, 0) is 85.4 Å². The first-order chi connectivity index (χ1) is 12.8. The average molecular weight is 375 g/mol. The summed E-state index contributed by atoms with van der Waals surface area (Å²) in [5.74, 6) is 3.02. The second-order valence-corrected chi connectivity index (χ2v) is 11.0. The van der Waals surface area contributed by atoms with E-state index in [1.54, 1.807) is 0 Å². The number of aliphatic carboxylic acids is 1. The van der Waals surface area contributed by atoms with Crippen LogP contribution in [0.2, 0.25) is 0 Å². The quantitative estimate of drug-likeness (QED) is 0.685. The van der Waals surface area contributed by atoms with Gasteiger partial charge in [0.1, 0.15) is 5.78 Å². The molecule has 0 aromatic carbocycles. The van der Waals surface area contributed by atoms with Crippen LogP contribution in [0.25, 0.3) is 0 Å². The number of hydrogen-bond donors (Lipinski definition) is 1. The lowest BCUT2D eigenvalue weighted by molar-refractivity contribution is -0.156. The number of carboxylic acids is 1. The predicted octanol–water partition coefficient (Wildman–Crippen LogP) is 5.72. The molecule has 4 fully saturated rings. The summed E-state index contributed by atoms with van der Waals surface area (Å²) in [6.07, 6.45) is 12.0. The minimum Gasteiger partial charge on any atom is -0.481 e. The number of ketones is 1. The van der Waals surface area contributed by atoms with E-state index in [1.165, 1.54) is 51.4 Å². The zero-order valence-electron chi connectivity index (χ0n) is 17.5. The Morgan fingerprint density at radius 2 is 1.81 bits per heavy atom. The molecule has 152 valence electrons. The van der Waals surface area contributed by atoms with E-state index in [0.717, 1.165) is 12.8 Å². The third-order valence-electron chi connectivity index (χ3n) is 9.96. The summed E-state index contributed by atoms with van der Waals surface area (Å²) in [5.41, 5.74) is 0.637. The maximum Gasteiger partial charge on any atom is 0.303 e. The van der Waals surface area contributed by atoms with Crippen LogP contribution in [0.5, 0.6) is 0 Å². The molecule has 0 bridgehead atoms. The molecule has 0 aromatic heterocycles. The van der Waals surface area contributed by atoms with E-state index in [1.807, 2.05) is 0 Å². The molecule has 4 saturated carbocycles. The Kier molecular flexibility index (Phi) is 4.96. The van der Waals surface area contributed by atoms with Crippen LogP contribution in [0, 0.1) is 46.3 Å². The minimum atomic E-state index is -0.677. The zero-order chi connectivity index (χ0) is 19.4. The molecule has 0 radical (unpaired) electrons. The Hall–Kier alpha value is -0.860. The van der Waals surface area contributed by atoms with Crippen LogP contribution >= 0.6 is 0 Å². The van der Waals surface area contributed by atoms with Crippen molar-refractivity contribution in [2.24, 2.45) is 46.3 Å². The maximum absolute atomic E-state index is 13.3. The Morgan fingerprint density at radius 1 is 1.07 bits per heavy atom. The van der Waals surface area contributed by atoms with E-state index in [-0.39, 0.29) is 11.8 Å². The molecule has 0 amide bonds. The van der Waals surface area contributed by atoms with E-state index in [9.17, 15) is 9.59 Å². The lowest BCUT2D eigenvalue weighted by Crippen LogP contribution is -2.56. The molecule has 4 aliphatic rings. The molecule has 4 aliphatic carbocycles. The van der Waals surface area contributed by atoms with E-state index in [0.29, 0.717) is 46.7 Å². The number of fused-ring (bicyclic) bond motifs is 5. The van der Waals surface area contributed by atoms with Crippen LogP contribution < -0.4 is 0 Å². The lowest BCUT2D eigenvalue weighted by Gasteiger charge is -2.60. The van der Waals surface area contributed by atoms with E-state index < -0.39 is 5.97 Å². The van der Waals surface area contributed by atoms with E-state index in [2.05, 4.69) is 20.8 Å². The fraction of sp³-hybridized carbons (Fsp3) is 0.917. The van der Waals surface area contributed by atoms with Crippen molar-refractivity contribution in [2.75, 3.05) is 0 Å². The number of hydrogen-bond acceptors (Lipinski definition) is 2. The van der Waals surface area contributed by atoms with Gasteiger partial charge in [0, 0.05) is 18.8 Å². The highest BCUT2D eigenvalue weighted by Crippen LogP contribution is 2.67. The molecule has 3 heteroatoms. The maximum atomic E-state index is 13.3. The molecule has 0 aliphatic heterocycles. The molecule has 0 unspecified atom stereocenters. The number of carbonyl (C=O) groups is 2. The van der Waals surface area contributed by atoms with Crippen molar-refractivity contribution in [3.63, 3.8) is 0 Å². The third-order valence-corrected chi connectivity index (χ3v) is 9.96. The molecule has 1 N–H and O–H groups in total. The fourth-order valence-corrected chi connectivity index (χ4v) is 8.49. The second kappa shape index (κ2) is 6.88. The van der Waals surface area contributed by atoms with Crippen molar-refractivity contribution >= 4 is 11.8 Å². The van der Waals surface area contributed by atoms with Gasteiger partial charge in [-0.3, -0.25) is 9.59 Å². The lowest BCUT2D eigenvalue weighted by atomic mass is 9.44. The first-order valence-corrected chi connectivity index (χ1v) is 11.5. The smallest absolute Gasteiger partial charge is 0.303 e. The van der Waals surface area contributed by atoms with Gasteiger partial charge in [-0.2, -0.15) is 0 Å². The molecule has 0 saturated heterocycles. The van der Waals surface area contributed by atoms with E-state index >= 15 is 0 Å². The number of carboxylic acid groups (broad SMARTS) is 1. The first kappa shape index (κ1) is 19.5. The van der Waals surface area contributed by atoms with Crippen molar-refractivity contribution in [1.29, 1.82) is 0 Å². The predicted molar refractivity (Wildman–Crippen MR) is 106 cm³/mol. The summed E-state index contributed by atoms with van der Waals surface area (Å²) in [6, 6.07) is 0. The fourth-order valence-electron chi connectivity index (χ4n) is 8.49. The molecular formula is C24H38O3. The molecule has 8 atom stereocenters. The highest BCUT2D eigenvalue weighted by Gasteiger charge is 2.62. The van der Waals surface area contributed by atoms with Crippen molar-refractivity contribution in [3.05, 3.63) is 0 Å². The number of rotatable bonds is 4. The molecule has 0 spiro atoms. The first-order valence-electron chi connectivity index (χ1n) is 11.5. The molecule has 27 heavy (non-hydrogen) atoms. The monoisotopic (exact) mass is 374 g/mol. The summed E-state index contributed by atoms with van der Waals surface area (Å²) in [6.45, 7) is 7.23. The van der Waals surface area contributed by atoms with Gasteiger partial charge in [0.2, 0.25) is 0 Å². The number of Topliss-reactive ketones (excluding diaryl/α,β-unsaturated/α-hetero) is 1. The Labute approximate surface area is 164 Å². The van der Waals surface area contributed by atoms with Crippen LogP contribution in [0.1, 0.15) is 91.4 Å². The summed E-state index contributed by atoms with van der Waals surface area (Å²) in [7, 11) is 0. The van der Waals surface area contributed by atoms with Gasteiger partial charge in [0.05, 0.1) is 0 Å². The number of carbonyl (C=O) groups excluding carboxylic acids is 1. The summed E-state index contributed by atoms with van der Waals surface area (Å²) in [4.78, 5) is 24.4. The molecule has 0 aromatic rings. The second-order valence-electron chi connectivity index (χ2n) is 11.0.